The van der Waals surface area contributed by atoms with Crippen molar-refractivity contribution in [2.45, 2.75) is 57.5 Å². The van der Waals surface area contributed by atoms with Crippen LogP contribution in [0.5, 0.6) is 11.5 Å². The highest BCUT2D eigenvalue weighted by Crippen LogP contribution is 2.20. The number of hydrogen-bond donors (Lipinski definition) is 3. The third-order valence-corrected chi connectivity index (χ3v) is 7.02. The lowest BCUT2D eigenvalue weighted by molar-refractivity contribution is -0.368. The van der Waals surface area contributed by atoms with Crippen LogP contribution < -0.4 is 25.8 Å². The van der Waals surface area contributed by atoms with Crippen LogP contribution in [0.3, 0.4) is 0 Å². The van der Waals surface area contributed by atoms with Gasteiger partial charge in [0.1, 0.15) is 30.8 Å². The summed E-state index contributed by atoms with van der Waals surface area (Å²) < 4.78 is 16.5. The van der Waals surface area contributed by atoms with Crippen LogP contribution in [-0.2, 0) is 36.8 Å². The van der Waals surface area contributed by atoms with Crippen molar-refractivity contribution < 1.29 is 39.1 Å². The maximum absolute atomic E-state index is 13.5. The molecular formula is C32H42N3O7+. The van der Waals surface area contributed by atoms with E-state index in [2.05, 4.69) is 16.4 Å². The summed E-state index contributed by atoms with van der Waals surface area (Å²) in [5, 5.41) is 5.58. The number of methoxy groups -OCH3 is 1. The van der Waals surface area contributed by atoms with Gasteiger partial charge in [-0.3, -0.25) is 14.4 Å². The maximum atomic E-state index is 13.5. The second-order valence-corrected chi connectivity index (χ2v) is 10.3. The van der Waals surface area contributed by atoms with Crippen LogP contribution in [0.15, 0.2) is 60.7 Å². The van der Waals surface area contributed by atoms with Crippen molar-refractivity contribution >= 4 is 23.6 Å². The highest BCUT2D eigenvalue weighted by molar-refractivity contribution is 5.93. The predicted molar refractivity (Wildman–Crippen MR) is 157 cm³/mol. The lowest BCUT2D eigenvalue weighted by Crippen LogP contribution is -2.50. The first-order valence-corrected chi connectivity index (χ1v) is 14.3. The minimum atomic E-state index is -0.936. The molecule has 0 saturated heterocycles. The van der Waals surface area contributed by atoms with Crippen LogP contribution in [-0.4, -0.2) is 62.5 Å². The van der Waals surface area contributed by atoms with Gasteiger partial charge in [0.2, 0.25) is 11.8 Å². The van der Waals surface area contributed by atoms with E-state index >= 15 is 0 Å². The lowest BCUT2D eigenvalue weighted by Gasteiger charge is -2.23. The van der Waals surface area contributed by atoms with Crippen molar-refractivity contribution in [3.8, 4) is 11.5 Å². The molecule has 4 bridgehead atoms. The fraction of sp³-hybridized carbons (Fsp3) is 0.438. The van der Waals surface area contributed by atoms with E-state index in [4.69, 9.17) is 14.2 Å². The molecule has 3 atom stereocenters. The molecule has 6 rings (SSSR count). The van der Waals surface area contributed by atoms with Gasteiger partial charge in [-0.1, -0.05) is 24.3 Å². The normalized spacial score (nSPS) is 21.0. The van der Waals surface area contributed by atoms with E-state index in [0.717, 1.165) is 17.5 Å². The summed E-state index contributed by atoms with van der Waals surface area (Å²) in [6.45, 7) is 2.78. The number of hydrogen-bond acceptors (Lipinski definition) is 7. The first kappa shape index (κ1) is 32.3. The monoisotopic (exact) mass is 580 g/mol. The van der Waals surface area contributed by atoms with Crippen molar-refractivity contribution in [3.05, 3.63) is 71.8 Å². The minimum absolute atomic E-state index is 0.0820. The Morgan fingerprint density at radius 3 is 2.00 bits per heavy atom. The van der Waals surface area contributed by atoms with Crippen molar-refractivity contribution in [1.29, 1.82) is 0 Å². The molecule has 0 aliphatic carbocycles. The van der Waals surface area contributed by atoms with Crippen LogP contribution in [0.25, 0.3) is 0 Å². The quantitative estimate of drug-likeness (QED) is 0.269. The molecule has 0 aromatic heterocycles. The molecule has 4 aliphatic rings. The van der Waals surface area contributed by atoms with E-state index in [-0.39, 0.29) is 31.0 Å². The Balaban J connectivity index is 1.90. The molecule has 0 saturated carbocycles. The van der Waals surface area contributed by atoms with Gasteiger partial charge in [-0.2, -0.15) is 0 Å². The zero-order valence-corrected chi connectivity index (χ0v) is 24.4. The second kappa shape index (κ2) is 16.9. The topological polar surface area (TPSA) is 148 Å². The van der Waals surface area contributed by atoms with Crippen molar-refractivity contribution in [2.75, 3.05) is 26.9 Å². The molecule has 10 heteroatoms. The summed E-state index contributed by atoms with van der Waals surface area (Å²) in [5.74, 6) is -0.934. The van der Waals surface area contributed by atoms with Gasteiger partial charge < -0.3 is 30.6 Å². The number of carbonyl (C=O) groups excluding carboxylic acids is 4. The summed E-state index contributed by atoms with van der Waals surface area (Å²) in [6, 6.07) is 12.8. The molecule has 0 radical (unpaired) electrons. The third kappa shape index (κ3) is 10.7. The molecule has 10 nitrogen and oxygen atoms in total. The second-order valence-electron chi connectivity index (χ2n) is 10.3. The van der Waals surface area contributed by atoms with E-state index in [9.17, 15) is 19.2 Å². The Bertz CT molecular complexity index is 1210. The molecular weight excluding hydrogens is 538 g/mol. The molecule has 0 spiro atoms. The van der Waals surface area contributed by atoms with Gasteiger partial charge in [-0.05, 0) is 73.2 Å². The number of rotatable bonds is 6. The summed E-state index contributed by atoms with van der Waals surface area (Å²) in [6.07, 6.45) is 6.05. The largest absolute Gasteiger partial charge is 0.490 e. The van der Waals surface area contributed by atoms with Gasteiger partial charge >= 0.3 is 5.97 Å². The van der Waals surface area contributed by atoms with E-state index in [0.29, 0.717) is 44.1 Å². The molecule has 5 N–H and O–H groups in total. The number of amides is 2. The Hall–Kier alpha value is -4.18. The standard InChI is InChI=1S/C32H41N3O7/c1-22(36)34-28-19-23-8-12-26(13-9-23)41-17-5-6-18-42-27-14-10-24(11-15-27)20-29(32(39)40-2)35-31(38)25(21-30(28)37)7-3-4-16-33/h5-6,8-15,25,28-29H,3-4,7,16-21,33H2,1-2H3,(H,34,36)(H,35,38)/p+1/b6-5-/t25-,28-,29-/m0/s1. The number of quaternary nitrogens is 1. The molecule has 0 fully saturated rings. The number of unbranched alkanes of at least 4 members (excludes halogenated alkanes) is 1. The third-order valence-electron chi connectivity index (χ3n) is 7.02. The van der Waals surface area contributed by atoms with Gasteiger partial charge in [0.05, 0.1) is 19.7 Å². The minimum Gasteiger partial charge on any atom is -0.490 e. The average molecular weight is 581 g/mol. The van der Waals surface area contributed by atoms with Gasteiger partial charge in [0, 0.05) is 25.7 Å². The molecule has 2 aromatic carbocycles. The molecule has 42 heavy (non-hydrogen) atoms. The average Bonchev–Trinajstić information content (AvgIpc) is 2.98. The van der Waals surface area contributed by atoms with E-state index in [1.165, 1.54) is 14.0 Å². The Morgan fingerprint density at radius 1 is 0.905 bits per heavy atom. The molecule has 2 amide bonds. The Morgan fingerprint density at radius 2 is 1.48 bits per heavy atom. The predicted octanol–water partition coefficient (Wildman–Crippen LogP) is 1.95. The molecule has 4 aliphatic heterocycles. The number of ketones is 1. The summed E-state index contributed by atoms with van der Waals surface area (Å²) in [4.78, 5) is 51.7. The first-order valence-electron chi connectivity index (χ1n) is 14.3. The summed E-state index contributed by atoms with van der Waals surface area (Å²) in [5.41, 5.74) is 5.51. The van der Waals surface area contributed by atoms with E-state index in [1.54, 1.807) is 12.1 Å². The van der Waals surface area contributed by atoms with Crippen LogP contribution in [0.2, 0.25) is 0 Å². The summed E-state index contributed by atoms with van der Waals surface area (Å²) in [7, 11) is 1.27. The van der Waals surface area contributed by atoms with Crippen LogP contribution in [0.1, 0.15) is 43.7 Å². The SMILES string of the molecule is COC(=O)[C@@H]1Cc2ccc(cc2)OC/C=C\COc2ccc(cc2)C[C@H](NC(C)=O)C(=O)C[C@H](CCCC[NH3+])C(=O)N1. The van der Waals surface area contributed by atoms with Crippen molar-refractivity contribution in [3.63, 3.8) is 0 Å². The van der Waals surface area contributed by atoms with Gasteiger partial charge in [0.15, 0.2) is 5.78 Å². The highest BCUT2D eigenvalue weighted by atomic mass is 16.5. The van der Waals surface area contributed by atoms with Gasteiger partial charge in [-0.15, -0.1) is 0 Å². The maximum Gasteiger partial charge on any atom is 0.328 e. The van der Waals surface area contributed by atoms with Gasteiger partial charge in [-0.25, -0.2) is 4.79 Å². The van der Waals surface area contributed by atoms with Gasteiger partial charge in [0.25, 0.3) is 0 Å². The molecule has 226 valence electrons. The van der Waals surface area contributed by atoms with Crippen LogP contribution in [0, 0.1) is 5.92 Å². The highest BCUT2D eigenvalue weighted by Gasteiger charge is 2.30. The fourth-order valence-corrected chi connectivity index (χ4v) is 4.73. The molecule has 2 aromatic rings. The molecule has 4 heterocycles. The number of esters is 1. The number of nitrogens with one attached hydrogen (secondary N) is 2. The molecule has 0 unspecified atom stereocenters. The number of ether oxygens (including phenoxy) is 3. The van der Waals surface area contributed by atoms with E-state index < -0.39 is 29.9 Å². The van der Waals surface area contributed by atoms with Crippen LogP contribution >= 0.6 is 0 Å². The smallest absolute Gasteiger partial charge is 0.328 e. The van der Waals surface area contributed by atoms with E-state index in [1.807, 2.05) is 48.6 Å². The first-order chi connectivity index (χ1) is 20.3. The Kier molecular flexibility index (Phi) is 13.0. The van der Waals surface area contributed by atoms with Crippen LogP contribution in [0.4, 0.5) is 0 Å². The number of Topliss-reactive ketones (excluding diaryl/α,β-unsaturated/α-hetero) is 1. The van der Waals surface area contributed by atoms with Crippen molar-refractivity contribution in [2.24, 2.45) is 5.92 Å². The lowest BCUT2D eigenvalue weighted by atomic mass is 9.90. The zero-order valence-electron chi connectivity index (χ0n) is 24.4. The van der Waals surface area contributed by atoms with Crippen molar-refractivity contribution in [1.82, 2.24) is 10.6 Å². The zero-order chi connectivity index (χ0) is 30.3. The number of benzene rings is 2. The fourth-order valence-electron chi connectivity index (χ4n) is 4.73. The Labute approximate surface area is 247 Å². The number of carbonyl (C=O) groups is 4. The summed E-state index contributed by atoms with van der Waals surface area (Å²) >= 11 is 0.